The lowest BCUT2D eigenvalue weighted by molar-refractivity contribution is 0.171. The summed E-state index contributed by atoms with van der Waals surface area (Å²) in [6.07, 6.45) is 0.731. The van der Waals surface area contributed by atoms with Crippen LogP contribution in [0.25, 0.3) is 0 Å². The van der Waals surface area contributed by atoms with Gasteiger partial charge < -0.3 is 4.74 Å². The number of rotatable bonds is 2. The molecule has 0 atom stereocenters. The molecule has 0 saturated heterocycles. The van der Waals surface area contributed by atoms with E-state index in [0.717, 1.165) is 0 Å². The van der Waals surface area contributed by atoms with E-state index in [4.69, 9.17) is 23.2 Å². The molecule has 0 aliphatic heterocycles. The van der Waals surface area contributed by atoms with Gasteiger partial charge in [-0.1, -0.05) is 35.3 Å². The molecule has 80 valence electrons. The second-order valence-corrected chi connectivity index (χ2v) is 3.29. The van der Waals surface area contributed by atoms with Crippen molar-refractivity contribution in [1.82, 2.24) is 5.43 Å². The smallest absolute Gasteiger partial charge is 0.427 e. The normalized spacial score (nSPS) is 10.3. The van der Waals surface area contributed by atoms with Crippen LogP contribution in [0, 0.1) is 0 Å². The van der Waals surface area contributed by atoms with Crippen LogP contribution in [0.4, 0.5) is 4.79 Å². The van der Waals surface area contributed by atoms with Gasteiger partial charge in [-0.3, -0.25) is 0 Å². The van der Waals surface area contributed by atoms with E-state index >= 15 is 0 Å². The number of ether oxygens (including phenoxy) is 1. The highest BCUT2D eigenvalue weighted by atomic mass is 35.5. The molecule has 0 saturated carbocycles. The zero-order valence-corrected chi connectivity index (χ0v) is 9.34. The molecule has 1 N–H and O–H groups in total. The predicted octanol–water partition coefficient (Wildman–Crippen LogP) is 2.68. The monoisotopic (exact) mass is 246 g/mol. The minimum atomic E-state index is -0.649. The maximum atomic E-state index is 10.6. The lowest BCUT2D eigenvalue weighted by Crippen LogP contribution is -2.16. The van der Waals surface area contributed by atoms with Gasteiger partial charge in [0.05, 0.1) is 23.4 Å². The van der Waals surface area contributed by atoms with E-state index in [-0.39, 0.29) is 0 Å². The molecule has 0 unspecified atom stereocenters. The molecule has 0 fully saturated rings. The topological polar surface area (TPSA) is 50.7 Å². The van der Waals surface area contributed by atoms with Crippen LogP contribution in [-0.2, 0) is 4.74 Å². The van der Waals surface area contributed by atoms with Crippen molar-refractivity contribution in [3.63, 3.8) is 0 Å². The number of halogens is 2. The lowest BCUT2D eigenvalue weighted by atomic mass is 10.2. The third-order valence-electron chi connectivity index (χ3n) is 1.53. The van der Waals surface area contributed by atoms with Crippen molar-refractivity contribution < 1.29 is 9.53 Å². The van der Waals surface area contributed by atoms with Crippen molar-refractivity contribution in [2.45, 2.75) is 0 Å². The number of nitrogens with zero attached hydrogens (tertiary/aromatic N) is 1. The summed E-state index contributed by atoms with van der Waals surface area (Å²) in [4.78, 5) is 10.6. The Bertz CT molecular complexity index is 394. The third kappa shape index (κ3) is 3.42. The number of hydrogen-bond acceptors (Lipinski definition) is 3. The van der Waals surface area contributed by atoms with E-state index < -0.39 is 6.09 Å². The summed E-state index contributed by atoms with van der Waals surface area (Å²) in [6, 6.07) is 5.11. The summed E-state index contributed by atoms with van der Waals surface area (Å²) in [5.41, 5.74) is 2.75. The van der Waals surface area contributed by atoms with Crippen LogP contribution in [0.3, 0.4) is 0 Å². The van der Waals surface area contributed by atoms with Crippen molar-refractivity contribution in [3.05, 3.63) is 33.8 Å². The van der Waals surface area contributed by atoms with Gasteiger partial charge in [0.25, 0.3) is 0 Å². The van der Waals surface area contributed by atoms with Gasteiger partial charge in [-0.2, -0.15) is 5.10 Å². The molecule has 0 spiro atoms. The first kappa shape index (κ1) is 11.8. The molecule has 1 aromatic rings. The molecule has 0 bridgehead atoms. The Kier molecular flexibility index (Phi) is 4.39. The van der Waals surface area contributed by atoms with Crippen LogP contribution < -0.4 is 5.43 Å². The van der Waals surface area contributed by atoms with Crippen LogP contribution in [0.2, 0.25) is 10.0 Å². The molecule has 1 aromatic carbocycles. The Balaban J connectivity index is 2.72. The van der Waals surface area contributed by atoms with Crippen LogP contribution >= 0.6 is 23.2 Å². The lowest BCUT2D eigenvalue weighted by Gasteiger charge is -1.99. The van der Waals surface area contributed by atoms with Gasteiger partial charge in [-0.05, 0) is 6.07 Å². The first-order valence-electron chi connectivity index (χ1n) is 3.96. The highest BCUT2D eigenvalue weighted by Gasteiger charge is 2.01. The first-order chi connectivity index (χ1) is 7.15. The zero-order chi connectivity index (χ0) is 11.3. The van der Waals surface area contributed by atoms with Crippen molar-refractivity contribution in [2.75, 3.05) is 7.11 Å². The summed E-state index contributed by atoms with van der Waals surface area (Å²) < 4.78 is 4.32. The minimum absolute atomic E-state index is 0.384. The summed E-state index contributed by atoms with van der Waals surface area (Å²) in [6.45, 7) is 0. The summed E-state index contributed by atoms with van der Waals surface area (Å²) in [5, 5.41) is 4.43. The standard InChI is InChI=1S/C9H8Cl2N2O2/c1-15-9(14)13-12-5-6-3-2-4-7(10)8(6)11/h2-5H,1H3,(H,13,14). The number of carbonyl (C=O) groups is 1. The predicted molar refractivity (Wildman–Crippen MR) is 59.6 cm³/mol. The van der Waals surface area contributed by atoms with Crippen LogP contribution in [-0.4, -0.2) is 19.4 Å². The second-order valence-electron chi connectivity index (χ2n) is 2.50. The number of benzene rings is 1. The molecular formula is C9H8Cl2N2O2. The highest BCUT2D eigenvalue weighted by molar-refractivity contribution is 6.43. The Morgan fingerprint density at radius 2 is 2.27 bits per heavy atom. The number of hydrazone groups is 1. The average molecular weight is 247 g/mol. The number of amides is 1. The van der Waals surface area contributed by atoms with E-state index in [1.54, 1.807) is 18.2 Å². The molecule has 0 heterocycles. The van der Waals surface area contributed by atoms with E-state index in [2.05, 4.69) is 15.3 Å². The number of nitrogens with one attached hydrogen (secondary N) is 1. The van der Waals surface area contributed by atoms with Crippen LogP contribution in [0.5, 0.6) is 0 Å². The molecule has 15 heavy (non-hydrogen) atoms. The van der Waals surface area contributed by atoms with Gasteiger partial charge in [0.2, 0.25) is 0 Å². The Morgan fingerprint density at radius 1 is 1.53 bits per heavy atom. The maximum Gasteiger partial charge on any atom is 0.427 e. The van der Waals surface area contributed by atoms with E-state index in [1.165, 1.54) is 13.3 Å². The van der Waals surface area contributed by atoms with E-state index in [9.17, 15) is 4.79 Å². The Morgan fingerprint density at radius 3 is 2.93 bits per heavy atom. The Hall–Kier alpha value is -1.26. The fourth-order valence-electron chi connectivity index (χ4n) is 0.820. The largest absolute Gasteiger partial charge is 0.452 e. The third-order valence-corrected chi connectivity index (χ3v) is 2.36. The van der Waals surface area contributed by atoms with Gasteiger partial charge in [-0.25, -0.2) is 10.2 Å². The summed E-state index contributed by atoms with van der Waals surface area (Å²) >= 11 is 11.7. The molecule has 1 rings (SSSR count). The molecule has 6 heteroatoms. The SMILES string of the molecule is COC(=O)NN=Cc1cccc(Cl)c1Cl. The van der Waals surface area contributed by atoms with Crippen LogP contribution in [0.15, 0.2) is 23.3 Å². The van der Waals surface area contributed by atoms with Crippen molar-refractivity contribution >= 4 is 35.5 Å². The number of carbonyl (C=O) groups excluding carboxylic acids is 1. The van der Waals surface area contributed by atoms with E-state index in [0.29, 0.717) is 15.6 Å². The van der Waals surface area contributed by atoms with Crippen LogP contribution in [0.1, 0.15) is 5.56 Å². The quantitative estimate of drug-likeness (QED) is 0.645. The van der Waals surface area contributed by atoms with Gasteiger partial charge in [-0.15, -0.1) is 0 Å². The summed E-state index contributed by atoms with van der Waals surface area (Å²) in [5.74, 6) is 0. The fourth-order valence-corrected chi connectivity index (χ4v) is 1.18. The molecule has 0 aliphatic rings. The van der Waals surface area contributed by atoms with Crippen molar-refractivity contribution in [1.29, 1.82) is 0 Å². The maximum absolute atomic E-state index is 10.6. The number of hydrogen-bond donors (Lipinski definition) is 1. The zero-order valence-electron chi connectivity index (χ0n) is 7.83. The minimum Gasteiger partial charge on any atom is -0.452 e. The Labute approximate surface area is 96.8 Å². The first-order valence-corrected chi connectivity index (χ1v) is 4.71. The molecule has 0 radical (unpaired) electrons. The van der Waals surface area contributed by atoms with Crippen molar-refractivity contribution in [3.8, 4) is 0 Å². The highest BCUT2D eigenvalue weighted by Crippen LogP contribution is 2.23. The van der Waals surface area contributed by atoms with Crippen molar-refractivity contribution in [2.24, 2.45) is 5.10 Å². The van der Waals surface area contributed by atoms with Gasteiger partial charge in [0, 0.05) is 5.56 Å². The molecule has 0 aromatic heterocycles. The summed E-state index contributed by atoms with van der Waals surface area (Å²) in [7, 11) is 1.25. The van der Waals surface area contributed by atoms with Gasteiger partial charge in [0.1, 0.15) is 0 Å². The molecule has 4 nitrogen and oxygen atoms in total. The fraction of sp³-hybridized carbons (Fsp3) is 0.111. The van der Waals surface area contributed by atoms with Gasteiger partial charge in [0.15, 0.2) is 0 Å². The molecular weight excluding hydrogens is 239 g/mol. The molecule has 0 aliphatic carbocycles. The van der Waals surface area contributed by atoms with Gasteiger partial charge >= 0.3 is 6.09 Å². The van der Waals surface area contributed by atoms with E-state index in [1.807, 2.05) is 0 Å². The molecule has 1 amide bonds. The average Bonchev–Trinajstić information content (AvgIpc) is 2.24. The number of methoxy groups -OCH3 is 1. The second kappa shape index (κ2) is 5.58.